The fourth-order valence-corrected chi connectivity index (χ4v) is 2.94. The molecule has 0 saturated carbocycles. The molecule has 1 aromatic rings. The highest BCUT2D eigenvalue weighted by atomic mass is 16.5. The standard InChI is InChI=1S/C21H38N6O/c1-5-22-21(23-9-6-14-28-17-18(2)3)25-16-19-7-8-20(24-15-19)27-12-10-26(4)11-13-27/h7-8,15,18H,5-6,9-14,16-17H2,1-4H3,(H2,22,23,25). The summed E-state index contributed by atoms with van der Waals surface area (Å²) < 4.78 is 5.62. The van der Waals surface area contributed by atoms with Gasteiger partial charge in [0.15, 0.2) is 5.96 Å². The van der Waals surface area contributed by atoms with Crippen molar-refractivity contribution in [2.45, 2.75) is 33.7 Å². The highest BCUT2D eigenvalue weighted by Gasteiger charge is 2.14. The number of anilines is 1. The molecular formula is C21H38N6O. The number of rotatable bonds is 10. The molecule has 158 valence electrons. The number of likely N-dealkylation sites (N-methyl/N-ethyl adjacent to an activating group) is 1. The molecular weight excluding hydrogens is 352 g/mol. The Kier molecular flexibility index (Phi) is 10.1. The number of ether oxygens (including phenoxy) is 1. The predicted molar refractivity (Wildman–Crippen MR) is 117 cm³/mol. The van der Waals surface area contributed by atoms with Crippen LogP contribution in [0.4, 0.5) is 5.82 Å². The second-order valence-electron chi connectivity index (χ2n) is 7.76. The summed E-state index contributed by atoms with van der Waals surface area (Å²) in [6.07, 6.45) is 2.92. The molecule has 2 rings (SSSR count). The summed E-state index contributed by atoms with van der Waals surface area (Å²) in [5.41, 5.74) is 1.12. The highest BCUT2D eigenvalue weighted by Crippen LogP contribution is 2.14. The maximum absolute atomic E-state index is 5.62. The van der Waals surface area contributed by atoms with Gasteiger partial charge in [0.05, 0.1) is 6.54 Å². The van der Waals surface area contributed by atoms with E-state index in [2.05, 4.69) is 70.4 Å². The molecule has 0 atom stereocenters. The molecule has 1 aliphatic heterocycles. The van der Waals surface area contributed by atoms with Crippen molar-refractivity contribution in [1.29, 1.82) is 0 Å². The van der Waals surface area contributed by atoms with E-state index in [0.717, 1.165) is 76.2 Å². The van der Waals surface area contributed by atoms with Crippen LogP contribution < -0.4 is 15.5 Å². The lowest BCUT2D eigenvalue weighted by atomic mass is 10.2. The van der Waals surface area contributed by atoms with Crippen LogP contribution in [0.15, 0.2) is 23.3 Å². The average molecular weight is 391 g/mol. The molecule has 0 unspecified atom stereocenters. The number of nitrogens with one attached hydrogen (secondary N) is 2. The van der Waals surface area contributed by atoms with Crippen LogP contribution in [-0.4, -0.2) is 75.4 Å². The zero-order chi connectivity index (χ0) is 20.2. The Bertz CT molecular complexity index is 567. The van der Waals surface area contributed by atoms with Gasteiger partial charge in [0, 0.05) is 58.7 Å². The Hall–Kier alpha value is -1.86. The maximum atomic E-state index is 5.62. The van der Waals surface area contributed by atoms with Crippen LogP contribution in [0.2, 0.25) is 0 Å². The topological polar surface area (TPSA) is 65.0 Å². The number of guanidine groups is 1. The van der Waals surface area contributed by atoms with Gasteiger partial charge in [-0.05, 0) is 37.9 Å². The van der Waals surface area contributed by atoms with Gasteiger partial charge in [-0.2, -0.15) is 0 Å². The molecule has 0 aliphatic carbocycles. The molecule has 1 fully saturated rings. The fraction of sp³-hybridized carbons (Fsp3) is 0.714. The van der Waals surface area contributed by atoms with E-state index in [-0.39, 0.29) is 0 Å². The zero-order valence-corrected chi connectivity index (χ0v) is 18.1. The Balaban J connectivity index is 1.76. The number of aromatic nitrogens is 1. The third-order valence-corrected chi connectivity index (χ3v) is 4.61. The maximum Gasteiger partial charge on any atom is 0.191 e. The zero-order valence-electron chi connectivity index (χ0n) is 18.1. The molecule has 2 heterocycles. The van der Waals surface area contributed by atoms with Crippen LogP contribution in [0.25, 0.3) is 0 Å². The Morgan fingerprint density at radius 3 is 2.64 bits per heavy atom. The summed E-state index contributed by atoms with van der Waals surface area (Å²) in [5, 5.41) is 6.67. The van der Waals surface area contributed by atoms with Crippen molar-refractivity contribution in [3.8, 4) is 0 Å². The van der Waals surface area contributed by atoms with Crippen molar-refractivity contribution in [2.75, 3.05) is 64.4 Å². The summed E-state index contributed by atoms with van der Waals surface area (Å²) in [6.45, 7) is 14.6. The van der Waals surface area contributed by atoms with Crippen molar-refractivity contribution in [3.05, 3.63) is 23.9 Å². The summed E-state index contributed by atoms with van der Waals surface area (Å²) >= 11 is 0. The molecule has 0 aromatic carbocycles. The van der Waals surface area contributed by atoms with Gasteiger partial charge in [-0.15, -0.1) is 0 Å². The fourth-order valence-electron chi connectivity index (χ4n) is 2.94. The Morgan fingerprint density at radius 2 is 2.00 bits per heavy atom. The van der Waals surface area contributed by atoms with E-state index >= 15 is 0 Å². The van der Waals surface area contributed by atoms with E-state index in [4.69, 9.17) is 4.74 Å². The quantitative estimate of drug-likeness (QED) is 0.362. The molecule has 7 heteroatoms. The minimum atomic E-state index is 0.586. The van der Waals surface area contributed by atoms with Gasteiger partial charge >= 0.3 is 0 Å². The van der Waals surface area contributed by atoms with Gasteiger partial charge in [-0.3, -0.25) is 0 Å². The van der Waals surface area contributed by atoms with E-state index in [0.29, 0.717) is 12.5 Å². The number of hydrogen-bond acceptors (Lipinski definition) is 5. The highest BCUT2D eigenvalue weighted by molar-refractivity contribution is 5.79. The van der Waals surface area contributed by atoms with E-state index in [9.17, 15) is 0 Å². The van der Waals surface area contributed by atoms with Gasteiger partial charge in [0.2, 0.25) is 0 Å². The van der Waals surface area contributed by atoms with Crippen molar-refractivity contribution < 1.29 is 4.74 Å². The summed E-state index contributed by atoms with van der Waals surface area (Å²) in [7, 11) is 2.17. The van der Waals surface area contributed by atoms with E-state index in [1.54, 1.807) is 0 Å². The lowest BCUT2D eigenvalue weighted by molar-refractivity contribution is 0.108. The second kappa shape index (κ2) is 12.6. The van der Waals surface area contributed by atoms with E-state index in [1.807, 2.05) is 6.20 Å². The molecule has 0 spiro atoms. The summed E-state index contributed by atoms with van der Waals surface area (Å²) in [5.74, 6) is 2.49. The van der Waals surface area contributed by atoms with Gasteiger partial charge in [0.1, 0.15) is 5.82 Å². The number of hydrogen-bond donors (Lipinski definition) is 2. The van der Waals surface area contributed by atoms with Crippen LogP contribution in [0.3, 0.4) is 0 Å². The predicted octanol–water partition coefficient (Wildman–Crippen LogP) is 1.95. The molecule has 0 bridgehead atoms. The monoisotopic (exact) mass is 390 g/mol. The smallest absolute Gasteiger partial charge is 0.191 e. The van der Waals surface area contributed by atoms with Crippen LogP contribution in [0.1, 0.15) is 32.8 Å². The van der Waals surface area contributed by atoms with Crippen molar-refractivity contribution in [1.82, 2.24) is 20.5 Å². The molecule has 0 radical (unpaired) electrons. The van der Waals surface area contributed by atoms with Crippen LogP contribution in [0, 0.1) is 5.92 Å². The Morgan fingerprint density at radius 1 is 1.21 bits per heavy atom. The molecule has 0 amide bonds. The van der Waals surface area contributed by atoms with E-state index in [1.165, 1.54) is 0 Å². The van der Waals surface area contributed by atoms with Crippen LogP contribution >= 0.6 is 0 Å². The first-order valence-corrected chi connectivity index (χ1v) is 10.6. The van der Waals surface area contributed by atoms with E-state index < -0.39 is 0 Å². The Labute approximate surface area is 170 Å². The largest absolute Gasteiger partial charge is 0.381 e. The number of nitrogens with zero attached hydrogens (tertiary/aromatic N) is 4. The normalized spacial score (nSPS) is 15.9. The van der Waals surface area contributed by atoms with Crippen LogP contribution in [-0.2, 0) is 11.3 Å². The third-order valence-electron chi connectivity index (χ3n) is 4.61. The first kappa shape index (κ1) is 22.4. The second-order valence-corrected chi connectivity index (χ2v) is 7.76. The molecule has 7 nitrogen and oxygen atoms in total. The number of pyridine rings is 1. The molecule has 28 heavy (non-hydrogen) atoms. The summed E-state index contributed by atoms with van der Waals surface area (Å²) in [4.78, 5) is 14.0. The average Bonchev–Trinajstić information content (AvgIpc) is 2.69. The number of aliphatic imine (C=N–C) groups is 1. The SMILES string of the molecule is CCNC(=NCc1ccc(N2CCN(C)CC2)nc1)NCCCOCC(C)C. The first-order chi connectivity index (χ1) is 13.6. The first-order valence-electron chi connectivity index (χ1n) is 10.6. The lowest BCUT2D eigenvalue weighted by Crippen LogP contribution is -2.44. The van der Waals surface area contributed by atoms with Crippen molar-refractivity contribution in [2.24, 2.45) is 10.9 Å². The molecule has 1 aliphatic rings. The van der Waals surface area contributed by atoms with Crippen LogP contribution in [0.5, 0.6) is 0 Å². The third kappa shape index (κ3) is 8.44. The number of piperazine rings is 1. The van der Waals surface area contributed by atoms with Gasteiger partial charge in [-0.25, -0.2) is 9.98 Å². The minimum absolute atomic E-state index is 0.586. The lowest BCUT2D eigenvalue weighted by Gasteiger charge is -2.33. The minimum Gasteiger partial charge on any atom is -0.381 e. The molecule has 1 aromatic heterocycles. The molecule has 2 N–H and O–H groups in total. The summed E-state index contributed by atoms with van der Waals surface area (Å²) in [6, 6.07) is 4.25. The van der Waals surface area contributed by atoms with Crippen molar-refractivity contribution >= 4 is 11.8 Å². The molecule has 1 saturated heterocycles. The van der Waals surface area contributed by atoms with Gasteiger partial charge < -0.3 is 25.2 Å². The van der Waals surface area contributed by atoms with Crippen molar-refractivity contribution in [3.63, 3.8) is 0 Å². The van der Waals surface area contributed by atoms with Gasteiger partial charge in [0.25, 0.3) is 0 Å². The van der Waals surface area contributed by atoms with Gasteiger partial charge in [-0.1, -0.05) is 19.9 Å².